The number of nitrogens with zero attached hydrogens (tertiary/aromatic N) is 1. The van der Waals surface area contributed by atoms with Gasteiger partial charge in [0.15, 0.2) is 0 Å². The van der Waals surface area contributed by atoms with Crippen molar-refractivity contribution in [1.29, 1.82) is 0 Å². The minimum Gasteiger partial charge on any atom is -0.497 e. The molecule has 29 heavy (non-hydrogen) atoms. The van der Waals surface area contributed by atoms with Crippen LogP contribution in [0.25, 0.3) is 0 Å². The van der Waals surface area contributed by atoms with E-state index < -0.39 is 10.0 Å². The standard InChI is InChI=1S/C20H25IN2O5S/c1-27-18-9-11-19(12-10-18)28-15-13-22-20(24)4-3-14-23(29(2,25)26)17-7-5-16(21)6-8-17/h5-12H,3-4,13-15H2,1-2H3,(H,22,24). The van der Waals surface area contributed by atoms with E-state index in [4.69, 9.17) is 9.47 Å². The van der Waals surface area contributed by atoms with Crippen LogP contribution in [0.2, 0.25) is 0 Å². The van der Waals surface area contributed by atoms with Crippen molar-refractivity contribution in [2.75, 3.05) is 37.4 Å². The molecule has 0 saturated heterocycles. The first-order chi connectivity index (χ1) is 13.8. The number of hydrogen-bond acceptors (Lipinski definition) is 5. The number of sulfonamides is 1. The summed E-state index contributed by atoms with van der Waals surface area (Å²) in [4.78, 5) is 12.0. The predicted octanol–water partition coefficient (Wildman–Crippen LogP) is 3.04. The fourth-order valence-electron chi connectivity index (χ4n) is 2.60. The Bertz CT molecular complexity index is 886. The lowest BCUT2D eigenvalue weighted by atomic mass is 10.2. The molecule has 0 radical (unpaired) electrons. The normalized spacial score (nSPS) is 11.0. The number of methoxy groups -OCH3 is 1. The van der Waals surface area contributed by atoms with E-state index in [9.17, 15) is 13.2 Å². The summed E-state index contributed by atoms with van der Waals surface area (Å²) < 4.78 is 37.1. The molecule has 1 amide bonds. The molecule has 0 heterocycles. The lowest BCUT2D eigenvalue weighted by Gasteiger charge is -2.22. The molecule has 158 valence electrons. The van der Waals surface area contributed by atoms with E-state index in [-0.39, 0.29) is 18.9 Å². The quantitative estimate of drug-likeness (QED) is 0.356. The Morgan fingerprint density at radius 3 is 2.28 bits per heavy atom. The highest BCUT2D eigenvalue weighted by atomic mass is 127. The maximum atomic E-state index is 12.1. The molecule has 0 fully saturated rings. The van der Waals surface area contributed by atoms with Gasteiger partial charge in [0.2, 0.25) is 15.9 Å². The average molecular weight is 532 g/mol. The lowest BCUT2D eigenvalue weighted by molar-refractivity contribution is -0.121. The van der Waals surface area contributed by atoms with Crippen LogP contribution < -0.4 is 19.1 Å². The number of benzene rings is 2. The van der Waals surface area contributed by atoms with Crippen molar-refractivity contribution in [3.8, 4) is 11.5 Å². The van der Waals surface area contributed by atoms with Gasteiger partial charge in [-0.1, -0.05) is 0 Å². The SMILES string of the molecule is COc1ccc(OCCNC(=O)CCCN(c2ccc(I)cc2)S(C)(=O)=O)cc1. The van der Waals surface area contributed by atoms with Crippen LogP contribution in [-0.4, -0.2) is 47.4 Å². The second kappa shape index (κ2) is 11.2. The third-order valence-electron chi connectivity index (χ3n) is 4.03. The minimum absolute atomic E-state index is 0.139. The Hall–Kier alpha value is -2.01. The van der Waals surface area contributed by atoms with Crippen molar-refractivity contribution >= 4 is 44.2 Å². The first kappa shape index (κ1) is 23.3. The zero-order valence-corrected chi connectivity index (χ0v) is 19.4. The Balaban J connectivity index is 1.72. The van der Waals surface area contributed by atoms with Gasteiger partial charge in [-0.25, -0.2) is 8.42 Å². The molecular formula is C20H25IN2O5S. The van der Waals surface area contributed by atoms with Crippen molar-refractivity contribution in [1.82, 2.24) is 5.32 Å². The van der Waals surface area contributed by atoms with Crippen LogP contribution in [0.3, 0.4) is 0 Å². The molecule has 0 bridgehead atoms. The van der Waals surface area contributed by atoms with Gasteiger partial charge in [-0.3, -0.25) is 9.10 Å². The Morgan fingerprint density at radius 2 is 1.69 bits per heavy atom. The summed E-state index contributed by atoms with van der Waals surface area (Å²) >= 11 is 2.16. The maximum absolute atomic E-state index is 12.1. The van der Waals surface area contributed by atoms with Crippen LogP contribution in [-0.2, 0) is 14.8 Å². The topological polar surface area (TPSA) is 84.9 Å². The second-order valence-corrected chi connectivity index (χ2v) is 9.44. The second-order valence-electron chi connectivity index (χ2n) is 6.29. The van der Waals surface area contributed by atoms with E-state index in [0.29, 0.717) is 31.0 Å². The lowest BCUT2D eigenvalue weighted by Crippen LogP contribution is -2.32. The molecule has 2 aromatic carbocycles. The van der Waals surface area contributed by atoms with E-state index in [2.05, 4.69) is 27.9 Å². The fraction of sp³-hybridized carbons (Fsp3) is 0.350. The number of halogens is 1. The van der Waals surface area contributed by atoms with Crippen molar-refractivity contribution in [2.45, 2.75) is 12.8 Å². The molecule has 2 rings (SSSR count). The molecule has 0 unspecified atom stereocenters. The molecular weight excluding hydrogens is 507 g/mol. The van der Waals surface area contributed by atoms with E-state index in [1.165, 1.54) is 10.6 Å². The average Bonchev–Trinajstić information content (AvgIpc) is 2.69. The van der Waals surface area contributed by atoms with Gasteiger partial charge in [0.05, 0.1) is 25.6 Å². The molecule has 0 aromatic heterocycles. The number of nitrogens with one attached hydrogen (secondary N) is 1. The summed E-state index contributed by atoms with van der Waals surface area (Å²) in [5, 5.41) is 2.78. The summed E-state index contributed by atoms with van der Waals surface area (Å²) in [6.07, 6.45) is 1.82. The molecule has 0 aliphatic carbocycles. The molecule has 9 heteroatoms. The van der Waals surface area contributed by atoms with Gasteiger partial charge in [0, 0.05) is 16.5 Å². The van der Waals surface area contributed by atoms with E-state index in [1.807, 2.05) is 12.1 Å². The molecule has 7 nitrogen and oxygen atoms in total. The van der Waals surface area contributed by atoms with Crippen LogP contribution in [0.15, 0.2) is 48.5 Å². The van der Waals surface area contributed by atoms with Gasteiger partial charge in [0.25, 0.3) is 0 Å². The van der Waals surface area contributed by atoms with E-state index >= 15 is 0 Å². The molecule has 0 aliphatic heterocycles. The maximum Gasteiger partial charge on any atom is 0.232 e. The first-order valence-corrected chi connectivity index (χ1v) is 12.0. The van der Waals surface area contributed by atoms with Crippen molar-refractivity contribution in [3.05, 3.63) is 52.1 Å². The van der Waals surface area contributed by atoms with Gasteiger partial charge < -0.3 is 14.8 Å². The zero-order valence-electron chi connectivity index (χ0n) is 16.4. The largest absolute Gasteiger partial charge is 0.497 e. The number of rotatable bonds is 11. The van der Waals surface area contributed by atoms with Gasteiger partial charge in [0.1, 0.15) is 18.1 Å². The summed E-state index contributed by atoms with van der Waals surface area (Å²) in [5.74, 6) is 1.31. The molecule has 2 aromatic rings. The van der Waals surface area contributed by atoms with Crippen molar-refractivity contribution < 1.29 is 22.7 Å². The van der Waals surface area contributed by atoms with Crippen LogP contribution in [0.1, 0.15) is 12.8 Å². The zero-order chi connectivity index (χ0) is 21.3. The molecule has 0 atom stereocenters. The van der Waals surface area contributed by atoms with Gasteiger partial charge >= 0.3 is 0 Å². The predicted molar refractivity (Wildman–Crippen MR) is 122 cm³/mol. The van der Waals surface area contributed by atoms with Crippen molar-refractivity contribution in [2.24, 2.45) is 0 Å². The highest BCUT2D eigenvalue weighted by Gasteiger charge is 2.17. The molecule has 0 saturated carbocycles. The van der Waals surface area contributed by atoms with Gasteiger partial charge in [-0.15, -0.1) is 0 Å². The van der Waals surface area contributed by atoms with Crippen LogP contribution in [0, 0.1) is 3.57 Å². The summed E-state index contributed by atoms with van der Waals surface area (Å²) in [7, 11) is -1.82. The summed E-state index contributed by atoms with van der Waals surface area (Å²) in [6.45, 7) is 0.961. The third kappa shape index (κ3) is 8.09. The molecule has 1 N–H and O–H groups in total. The summed E-state index contributed by atoms with van der Waals surface area (Å²) in [6, 6.07) is 14.4. The molecule has 0 aliphatic rings. The van der Waals surface area contributed by atoms with E-state index in [1.54, 1.807) is 43.5 Å². The van der Waals surface area contributed by atoms with E-state index in [0.717, 1.165) is 9.32 Å². The number of hydrogen-bond donors (Lipinski definition) is 1. The monoisotopic (exact) mass is 532 g/mol. The van der Waals surface area contributed by atoms with Crippen LogP contribution in [0.4, 0.5) is 5.69 Å². The van der Waals surface area contributed by atoms with Gasteiger partial charge in [-0.2, -0.15) is 0 Å². The number of anilines is 1. The van der Waals surface area contributed by atoms with Crippen molar-refractivity contribution in [3.63, 3.8) is 0 Å². The Labute approximate surface area is 185 Å². The van der Waals surface area contributed by atoms with Crippen LogP contribution >= 0.6 is 22.6 Å². The number of amides is 1. The fourth-order valence-corrected chi connectivity index (χ4v) is 3.92. The number of ether oxygens (including phenoxy) is 2. The Morgan fingerprint density at radius 1 is 1.07 bits per heavy atom. The number of carbonyl (C=O) groups excluding carboxylic acids is 1. The summed E-state index contributed by atoms with van der Waals surface area (Å²) in [5.41, 5.74) is 0.598. The third-order valence-corrected chi connectivity index (χ3v) is 5.95. The molecule has 0 spiro atoms. The minimum atomic E-state index is -3.42. The first-order valence-electron chi connectivity index (χ1n) is 9.06. The highest BCUT2D eigenvalue weighted by molar-refractivity contribution is 14.1. The van der Waals surface area contributed by atoms with Crippen LogP contribution in [0.5, 0.6) is 11.5 Å². The number of carbonyl (C=O) groups is 1. The smallest absolute Gasteiger partial charge is 0.232 e. The van der Waals surface area contributed by atoms with Gasteiger partial charge in [-0.05, 0) is 77.5 Å². The highest BCUT2D eigenvalue weighted by Crippen LogP contribution is 2.20. The Kier molecular flexibility index (Phi) is 9.02.